The molecule has 0 radical (unpaired) electrons. The van der Waals surface area contributed by atoms with Crippen LogP contribution in [-0.2, 0) is 9.47 Å². The van der Waals surface area contributed by atoms with E-state index in [1.807, 2.05) is 0 Å². The first-order valence-corrected chi connectivity index (χ1v) is 4.81. The molecule has 0 aliphatic carbocycles. The molecule has 0 amide bonds. The van der Waals surface area contributed by atoms with Crippen LogP contribution in [0.1, 0.15) is 25.7 Å². The number of rotatable bonds is 0. The standard InChI is InChI=1S/C9H17NO2/c10-8-2-1-5-12-9(8)3-6-11-7-4-9/h8H,1-7,10H2. The van der Waals surface area contributed by atoms with Crippen LogP contribution in [0.4, 0.5) is 0 Å². The molecule has 2 fully saturated rings. The highest BCUT2D eigenvalue weighted by Gasteiger charge is 2.41. The summed E-state index contributed by atoms with van der Waals surface area (Å²) in [4.78, 5) is 0. The molecule has 3 heteroatoms. The Morgan fingerprint density at radius 1 is 1.17 bits per heavy atom. The maximum Gasteiger partial charge on any atom is 0.0876 e. The van der Waals surface area contributed by atoms with E-state index in [1.54, 1.807) is 0 Å². The minimum absolute atomic E-state index is 0.0312. The summed E-state index contributed by atoms with van der Waals surface area (Å²) in [5.74, 6) is 0. The van der Waals surface area contributed by atoms with E-state index in [0.717, 1.165) is 45.5 Å². The molecule has 1 unspecified atom stereocenters. The van der Waals surface area contributed by atoms with Crippen molar-refractivity contribution in [2.24, 2.45) is 5.73 Å². The van der Waals surface area contributed by atoms with Gasteiger partial charge in [0.1, 0.15) is 0 Å². The van der Waals surface area contributed by atoms with Crippen LogP contribution >= 0.6 is 0 Å². The summed E-state index contributed by atoms with van der Waals surface area (Å²) in [5.41, 5.74) is 6.03. The summed E-state index contributed by atoms with van der Waals surface area (Å²) in [6.07, 6.45) is 4.19. The van der Waals surface area contributed by atoms with Crippen LogP contribution in [-0.4, -0.2) is 31.5 Å². The molecule has 3 nitrogen and oxygen atoms in total. The summed E-state index contributed by atoms with van der Waals surface area (Å²) in [7, 11) is 0. The van der Waals surface area contributed by atoms with Gasteiger partial charge in [0.15, 0.2) is 0 Å². The van der Waals surface area contributed by atoms with Gasteiger partial charge in [-0.1, -0.05) is 0 Å². The van der Waals surface area contributed by atoms with Crippen LogP contribution < -0.4 is 5.73 Å². The molecule has 1 spiro atoms. The number of hydrogen-bond donors (Lipinski definition) is 1. The van der Waals surface area contributed by atoms with Crippen molar-refractivity contribution < 1.29 is 9.47 Å². The van der Waals surface area contributed by atoms with E-state index in [2.05, 4.69) is 0 Å². The van der Waals surface area contributed by atoms with Gasteiger partial charge < -0.3 is 15.2 Å². The van der Waals surface area contributed by atoms with E-state index in [-0.39, 0.29) is 11.6 Å². The van der Waals surface area contributed by atoms with Crippen LogP contribution in [0.2, 0.25) is 0 Å². The second-order valence-electron chi connectivity index (χ2n) is 3.77. The predicted molar refractivity (Wildman–Crippen MR) is 45.9 cm³/mol. The maximum absolute atomic E-state index is 6.06. The van der Waals surface area contributed by atoms with Crippen molar-refractivity contribution in [2.75, 3.05) is 19.8 Å². The van der Waals surface area contributed by atoms with Crippen molar-refractivity contribution in [2.45, 2.75) is 37.3 Å². The van der Waals surface area contributed by atoms with E-state index in [4.69, 9.17) is 15.2 Å². The predicted octanol–water partition coefficient (Wildman–Crippen LogP) is 0.673. The van der Waals surface area contributed by atoms with Gasteiger partial charge in [-0.25, -0.2) is 0 Å². The minimum Gasteiger partial charge on any atom is -0.381 e. The topological polar surface area (TPSA) is 44.5 Å². The molecule has 0 saturated carbocycles. The van der Waals surface area contributed by atoms with Crippen LogP contribution in [0.25, 0.3) is 0 Å². The molecule has 1 atom stereocenters. The smallest absolute Gasteiger partial charge is 0.0876 e. The molecule has 70 valence electrons. The zero-order valence-electron chi connectivity index (χ0n) is 7.42. The quantitative estimate of drug-likeness (QED) is 0.582. The SMILES string of the molecule is NC1CCCOC12CCOCC2. The third kappa shape index (κ3) is 1.37. The monoisotopic (exact) mass is 171 g/mol. The highest BCUT2D eigenvalue weighted by atomic mass is 16.5. The van der Waals surface area contributed by atoms with Gasteiger partial charge in [0.25, 0.3) is 0 Å². The lowest BCUT2D eigenvalue weighted by Gasteiger charge is -2.44. The van der Waals surface area contributed by atoms with E-state index in [0.29, 0.717) is 0 Å². The van der Waals surface area contributed by atoms with Crippen LogP contribution in [0.3, 0.4) is 0 Å². The first kappa shape index (κ1) is 8.48. The van der Waals surface area contributed by atoms with Crippen LogP contribution in [0.5, 0.6) is 0 Å². The third-order valence-electron chi connectivity index (χ3n) is 3.06. The Hall–Kier alpha value is -0.120. The van der Waals surface area contributed by atoms with Gasteiger partial charge >= 0.3 is 0 Å². The van der Waals surface area contributed by atoms with Gasteiger partial charge in [0.05, 0.1) is 5.60 Å². The van der Waals surface area contributed by atoms with E-state index in [9.17, 15) is 0 Å². The average Bonchev–Trinajstić information content (AvgIpc) is 2.12. The molecule has 12 heavy (non-hydrogen) atoms. The minimum atomic E-state index is -0.0312. The lowest BCUT2D eigenvalue weighted by molar-refractivity contribution is -0.143. The number of nitrogens with two attached hydrogens (primary N) is 1. The van der Waals surface area contributed by atoms with E-state index < -0.39 is 0 Å². The third-order valence-corrected chi connectivity index (χ3v) is 3.06. The molecule has 0 bridgehead atoms. The summed E-state index contributed by atoms with van der Waals surface area (Å²) < 4.78 is 11.1. The van der Waals surface area contributed by atoms with Gasteiger partial charge in [-0.05, 0) is 12.8 Å². The van der Waals surface area contributed by atoms with Crippen molar-refractivity contribution >= 4 is 0 Å². The van der Waals surface area contributed by atoms with Crippen molar-refractivity contribution in [1.29, 1.82) is 0 Å². The zero-order chi connectivity index (χ0) is 8.44. The Labute approximate surface area is 73.2 Å². The number of hydrogen-bond acceptors (Lipinski definition) is 3. The van der Waals surface area contributed by atoms with Crippen molar-refractivity contribution in [1.82, 2.24) is 0 Å². The fourth-order valence-corrected chi connectivity index (χ4v) is 2.18. The fourth-order valence-electron chi connectivity index (χ4n) is 2.18. The molecule has 0 aromatic rings. The molecule has 0 aromatic heterocycles. The lowest BCUT2D eigenvalue weighted by Crippen LogP contribution is -2.55. The van der Waals surface area contributed by atoms with Gasteiger partial charge in [0.2, 0.25) is 0 Å². The first-order chi connectivity index (χ1) is 5.83. The molecule has 2 saturated heterocycles. The van der Waals surface area contributed by atoms with Gasteiger partial charge in [0, 0.05) is 38.7 Å². The fraction of sp³-hybridized carbons (Fsp3) is 1.00. The Morgan fingerprint density at radius 2 is 1.92 bits per heavy atom. The van der Waals surface area contributed by atoms with Gasteiger partial charge in [-0.15, -0.1) is 0 Å². The normalized spacial score (nSPS) is 35.2. The second kappa shape index (κ2) is 3.32. The van der Waals surface area contributed by atoms with E-state index in [1.165, 1.54) is 0 Å². The molecule has 2 rings (SSSR count). The first-order valence-electron chi connectivity index (χ1n) is 4.81. The molecule has 2 heterocycles. The van der Waals surface area contributed by atoms with Crippen LogP contribution in [0.15, 0.2) is 0 Å². The summed E-state index contributed by atoms with van der Waals surface area (Å²) in [6, 6.07) is 0.232. The maximum atomic E-state index is 6.06. The highest BCUT2D eigenvalue weighted by molar-refractivity contribution is 4.95. The second-order valence-corrected chi connectivity index (χ2v) is 3.77. The van der Waals surface area contributed by atoms with Crippen LogP contribution in [0, 0.1) is 0 Å². The van der Waals surface area contributed by atoms with Crippen molar-refractivity contribution in [3.05, 3.63) is 0 Å². The summed E-state index contributed by atoms with van der Waals surface area (Å²) >= 11 is 0. The Bertz CT molecular complexity index is 146. The molecule has 2 N–H and O–H groups in total. The summed E-state index contributed by atoms with van der Waals surface area (Å²) in [5, 5.41) is 0. The van der Waals surface area contributed by atoms with Gasteiger partial charge in [-0.3, -0.25) is 0 Å². The summed E-state index contributed by atoms with van der Waals surface area (Å²) in [6.45, 7) is 2.51. The Morgan fingerprint density at radius 3 is 2.58 bits per heavy atom. The van der Waals surface area contributed by atoms with Gasteiger partial charge in [-0.2, -0.15) is 0 Å². The number of ether oxygens (including phenoxy) is 2. The Balaban J connectivity index is 2.04. The Kier molecular flexibility index (Phi) is 2.35. The lowest BCUT2D eigenvalue weighted by atomic mass is 9.82. The largest absolute Gasteiger partial charge is 0.381 e. The zero-order valence-corrected chi connectivity index (χ0v) is 7.42. The van der Waals surface area contributed by atoms with Crippen molar-refractivity contribution in [3.8, 4) is 0 Å². The highest BCUT2D eigenvalue weighted by Crippen LogP contribution is 2.33. The molecular formula is C9H17NO2. The molecular weight excluding hydrogens is 154 g/mol. The van der Waals surface area contributed by atoms with E-state index >= 15 is 0 Å². The molecule has 0 aromatic carbocycles. The van der Waals surface area contributed by atoms with Crippen molar-refractivity contribution in [3.63, 3.8) is 0 Å². The molecule has 2 aliphatic rings. The molecule has 2 aliphatic heterocycles. The average molecular weight is 171 g/mol.